The van der Waals surface area contributed by atoms with E-state index in [1.807, 2.05) is 25.7 Å². The number of carbonyl (C=O) groups excluding carboxylic acids is 1. The molecule has 2 heterocycles. The van der Waals surface area contributed by atoms with Crippen LogP contribution in [0.5, 0.6) is 0 Å². The van der Waals surface area contributed by atoms with Crippen molar-refractivity contribution in [1.29, 1.82) is 0 Å². The van der Waals surface area contributed by atoms with Crippen molar-refractivity contribution in [1.82, 2.24) is 14.9 Å². The van der Waals surface area contributed by atoms with Crippen molar-refractivity contribution in [2.45, 2.75) is 71.3 Å². The Bertz CT molecular complexity index is 995. The van der Waals surface area contributed by atoms with E-state index in [9.17, 15) is 4.79 Å². The minimum absolute atomic E-state index is 0.0880. The summed E-state index contributed by atoms with van der Waals surface area (Å²) in [5, 5.41) is 0. The van der Waals surface area contributed by atoms with Crippen LogP contribution in [0.25, 0.3) is 5.57 Å². The second-order valence-electron chi connectivity index (χ2n) is 10.4. The quantitative estimate of drug-likeness (QED) is 0.612. The van der Waals surface area contributed by atoms with Gasteiger partial charge in [0.25, 0.3) is 0 Å². The first kappa shape index (κ1) is 22.7. The van der Waals surface area contributed by atoms with Crippen molar-refractivity contribution in [2.75, 3.05) is 6.54 Å². The number of nitrogens with zero attached hydrogens (tertiary/aromatic N) is 2. The number of aromatic nitrogens is 2. The number of carbonyl (C=O) groups is 1. The molecule has 1 aromatic rings. The first-order valence-electron chi connectivity index (χ1n) is 11.7. The third kappa shape index (κ3) is 4.95. The lowest BCUT2D eigenvalue weighted by molar-refractivity contribution is 0.0214. The second kappa shape index (κ2) is 8.80. The summed E-state index contributed by atoms with van der Waals surface area (Å²) in [7, 11) is 5.96. The van der Waals surface area contributed by atoms with E-state index in [-0.39, 0.29) is 18.0 Å². The first-order valence-corrected chi connectivity index (χ1v) is 11.7. The van der Waals surface area contributed by atoms with Crippen molar-refractivity contribution < 1.29 is 9.53 Å². The summed E-state index contributed by atoms with van der Waals surface area (Å²) in [6, 6.07) is -0.0880. The number of hydrogen-bond donors (Lipinski definition) is 1. The van der Waals surface area contributed by atoms with Gasteiger partial charge >= 0.3 is 6.09 Å². The number of likely N-dealkylation sites (tertiary alicyclic amines) is 1. The smallest absolute Gasteiger partial charge is 0.410 e. The zero-order chi connectivity index (χ0) is 23.0. The number of ether oxygens (including phenoxy) is 1. The van der Waals surface area contributed by atoms with E-state index < -0.39 is 5.60 Å². The number of nitrogens with one attached hydrogen (secondary N) is 1. The van der Waals surface area contributed by atoms with Gasteiger partial charge in [-0.1, -0.05) is 49.2 Å². The number of amides is 1. The lowest BCUT2D eigenvalue weighted by Crippen LogP contribution is -2.37. The van der Waals surface area contributed by atoms with Crippen LogP contribution >= 0.6 is 0 Å². The van der Waals surface area contributed by atoms with Crippen LogP contribution in [0.1, 0.15) is 70.2 Å². The lowest BCUT2D eigenvalue weighted by atomic mass is 9.78. The van der Waals surface area contributed by atoms with Crippen LogP contribution < -0.4 is 0 Å². The van der Waals surface area contributed by atoms with Gasteiger partial charge in [0.2, 0.25) is 0 Å². The number of hydrogen-bond acceptors (Lipinski definition) is 3. The van der Waals surface area contributed by atoms with Crippen LogP contribution in [-0.2, 0) is 4.74 Å². The van der Waals surface area contributed by atoms with Crippen LogP contribution in [0.4, 0.5) is 4.79 Å². The van der Waals surface area contributed by atoms with Crippen LogP contribution in [0.2, 0.25) is 5.82 Å². The highest BCUT2D eigenvalue weighted by molar-refractivity contribution is 6.13. The molecule has 1 N–H and O–H groups in total. The summed E-state index contributed by atoms with van der Waals surface area (Å²) in [6.07, 6.45) is 15.7. The molecule has 0 aromatic carbocycles. The normalized spacial score (nSPS) is 28.0. The zero-order valence-electron chi connectivity index (χ0n) is 19.9. The average molecular weight is 431 g/mol. The molecular formula is C26H34BN3O2. The Morgan fingerprint density at radius 2 is 2.00 bits per heavy atom. The Hall–Kier alpha value is -2.50. The molecule has 2 unspecified atom stereocenters. The van der Waals surface area contributed by atoms with Crippen molar-refractivity contribution in [2.24, 2.45) is 11.8 Å². The molecule has 0 saturated carbocycles. The van der Waals surface area contributed by atoms with Gasteiger partial charge in [0.1, 0.15) is 11.4 Å². The van der Waals surface area contributed by atoms with Gasteiger partial charge in [-0.15, -0.1) is 0 Å². The predicted octanol–water partition coefficient (Wildman–Crippen LogP) is 5.84. The molecule has 1 fully saturated rings. The van der Waals surface area contributed by atoms with E-state index in [1.54, 1.807) is 0 Å². The molecule has 4 rings (SSSR count). The SMILES string of the molecule is [B]C1C=CC(C2C=CC(c3nc([C@@H]4C[C@H](C)CN4C(=O)OC(C)(C)C)[nH]c3C)=CC2)=CC1. The molecule has 0 bridgehead atoms. The minimum Gasteiger partial charge on any atom is -0.444 e. The van der Waals surface area contributed by atoms with Crippen molar-refractivity contribution >= 4 is 19.5 Å². The van der Waals surface area contributed by atoms with Gasteiger partial charge in [-0.25, -0.2) is 9.78 Å². The summed E-state index contributed by atoms with van der Waals surface area (Å²) in [5.41, 5.74) is 3.95. The molecule has 32 heavy (non-hydrogen) atoms. The summed E-state index contributed by atoms with van der Waals surface area (Å²) in [5.74, 6) is 1.78. The number of allylic oxidation sites excluding steroid dienone is 8. The van der Waals surface area contributed by atoms with E-state index >= 15 is 0 Å². The molecule has 1 amide bonds. The molecule has 6 heteroatoms. The lowest BCUT2D eigenvalue weighted by Gasteiger charge is -2.27. The van der Waals surface area contributed by atoms with E-state index in [1.165, 1.54) is 5.57 Å². The third-order valence-electron chi connectivity index (χ3n) is 6.32. The van der Waals surface area contributed by atoms with Gasteiger partial charge in [0.05, 0.1) is 19.6 Å². The minimum atomic E-state index is -0.514. The van der Waals surface area contributed by atoms with E-state index in [0.717, 1.165) is 42.0 Å². The van der Waals surface area contributed by atoms with E-state index in [4.69, 9.17) is 17.6 Å². The van der Waals surface area contributed by atoms with Crippen LogP contribution in [0.3, 0.4) is 0 Å². The molecule has 4 atom stereocenters. The molecule has 1 aromatic heterocycles. The van der Waals surface area contributed by atoms with Crippen molar-refractivity contribution in [3.8, 4) is 0 Å². The number of aryl methyl sites for hydroxylation is 1. The van der Waals surface area contributed by atoms with Crippen LogP contribution in [-0.4, -0.2) is 41.0 Å². The molecule has 3 aliphatic rings. The van der Waals surface area contributed by atoms with Crippen molar-refractivity contribution in [3.05, 3.63) is 59.2 Å². The maximum atomic E-state index is 12.8. The zero-order valence-corrected chi connectivity index (χ0v) is 19.9. The first-order chi connectivity index (χ1) is 15.1. The van der Waals surface area contributed by atoms with Gasteiger partial charge in [-0.3, -0.25) is 4.90 Å². The van der Waals surface area contributed by atoms with Gasteiger partial charge < -0.3 is 9.72 Å². The molecule has 5 nitrogen and oxygen atoms in total. The summed E-state index contributed by atoms with van der Waals surface area (Å²) in [6.45, 7) is 10.6. The summed E-state index contributed by atoms with van der Waals surface area (Å²) < 4.78 is 5.66. The number of H-pyrrole nitrogens is 1. The highest BCUT2D eigenvalue weighted by Gasteiger charge is 2.38. The molecule has 2 radical (unpaired) electrons. The highest BCUT2D eigenvalue weighted by atomic mass is 16.6. The molecule has 1 saturated heterocycles. The topological polar surface area (TPSA) is 58.2 Å². The molecule has 0 spiro atoms. The van der Waals surface area contributed by atoms with Crippen LogP contribution in [0.15, 0.2) is 42.0 Å². The number of aromatic amines is 1. The fourth-order valence-corrected chi connectivity index (χ4v) is 4.72. The fourth-order valence-electron chi connectivity index (χ4n) is 4.72. The Balaban J connectivity index is 1.50. The monoisotopic (exact) mass is 431 g/mol. The van der Waals surface area contributed by atoms with Gasteiger partial charge in [0, 0.05) is 18.2 Å². The maximum Gasteiger partial charge on any atom is 0.410 e. The van der Waals surface area contributed by atoms with Crippen molar-refractivity contribution in [3.63, 3.8) is 0 Å². The van der Waals surface area contributed by atoms with Crippen LogP contribution in [0, 0.1) is 18.8 Å². The predicted molar refractivity (Wildman–Crippen MR) is 129 cm³/mol. The second-order valence-corrected chi connectivity index (χ2v) is 10.4. The Morgan fingerprint density at radius 3 is 2.62 bits per heavy atom. The van der Waals surface area contributed by atoms with Gasteiger partial charge in [0.15, 0.2) is 0 Å². The fraction of sp³-hybridized carbons (Fsp3) is 0.538. The molecule has 1 aliphatic heterocycles. The highest BCUT2D eigenvalue weighted by Crippen LogP contribution is 2.37. The largest absolute Gasteiger partial charge is 0.444 e. The molecular weight excluding hydrogens is 397 g/mol. The summed E-state index contributed by atoms with van der Waals surface area (Å²) in [4.78, 5) is 23.1. The standard InChI is InChI=1S/C26H34BN3O2/c1-16-14-22(30(15-16)25(31)32-26(3,4)5)24-28-17(2)23(29-24)20-8-6-18(7-9-20)19-10-12-21(27)13-11-19/h6,8-12,16,18,21-22H,7,13-15H2,1-5H3,(H,28,29)/t16-,18?,21?,22-/m0/s1. The number of imidazole rings is 1. The number of rotatable bonds is 3. The summed E-state index contributed by atoms with van der Waals surface area (Å²) >= 11 is 0. The van der Waals surface area contributed by atoms with E-state index in [0.29, 0.717) is 18.4 Å². The maximum absolute atomic E-state index is 12.8. The molecule has 168 valence electrons. The average Bonchev–Trinajstić information content (AvgIpc) is 3.30. The van der Waals surface area contributed by atoms with Gasteiger partial charge in [-0.2, -0.15) is 0 Å². The Kier molecular flexibility index (Phi) is 6.24. The molecule has 2 aliphatic carbocycles. The Morgan fingerprint density at radius 1 is 1.22 bits per heavy atom. The van der Waals surface area contributed by atoms with Gasteiger partial charge in [-0.05, 0) is 64.0 Å². The third-order valence-corrected chi connectivity index (χ3v) is 6.32. The Labute approximate surface area is 193 Å². The van der Waals surface area contributed by atoms with E-state index in [2.05, 4.69) is 55.3 Å².